The molecule has 0 unspecified atom stereocenters. The first-order valence-electron chi connectivity index (χ1n) is 8.52. The van der Waals surface area contributed by atoms with Crippen LogP contribution >= 0.6 is 0 Å². The lowest BCUT2D eigenvalue weighted by Gasteiger charge is -2.33. The first-order valence-corrected chi connectivity index (χ1v) is 8.52. The van der Waals surface area contributed by atoms with Crippen LogP contribution in [0, 0.1) is 0 Å². The molecule has 1 heterocycles. The van der Waals surface area contributed by atoms with Gasteiger partial charge in [-0.3, -0.25) is 4.90 Å². The van der Waals surface area contributed by atoms with Gasteiger partial charge >= 0.3 is 6.09 Å². The van der Waals surface area contributed by atoms with Gasteiger partial charge in [-0.2, -0.15) is 0 Å². The second kappa shape index (κ2) is 8.24. The standard InChI is InChI=1S/C18H29N3O3/c1-18(2,3)24-17(22)20-15-5-4-10-21(13-15)11-12-23-16-8-6-14(19)7-9-16/h6-9,15H,4-5,10-13,19H2,1-3H3,(H,20,22)/t15-/m1/s1. The van der Waals surface area contributed by atoms with Gasteiger partial charge in [-0.05, 0) is 64.4 Å². The third-order valence-corrected chi connectivity index (χ3v) is 3.78. The van der Waals surface area contributed by atoms with Crippen LogP contribution < -0.4 is 15.8 Å². The summed E-state index contributed by atoms with van der Waals surface area (Å²) >= 11 is 0. The second-order valence-electron chi connectivity index (χ2n) is 7.20. The molecule has 1 atom stereocenters. The van der Waals surface area contributed by atoms with Crippen LogP contribution in [0.4, 0.5) is 10.5 Å². The number of alkyl carbamates (subject to hydrolysis) is 1. The van der Waals surface area contributed by atoms with Crippen molar-refractivity contribution in [3.63, 3.8) is 0 Å². The fourth-order valence-corrected chi connectivity index (χ4v) is 2.71. The van der Waals surface area contributed by atoms with Crippen LogP contribution in [0.1, 0.15) is 33.6 Å². The normalized spacial score (nSPS) is 18.9. The molecule has 0 spiro atoms. The Hall–Kier alpha value is -1.95. The third-order valence-electron chi connectivity index (χ3n) is 3.78. The average Bonchev–Trinajstić information content (AvgIpc) is 2.48. The highest BCUT2D eigenvalue weighted by atomic mass is 16.6. The summed E-state index contributed by atoms with van der Waals surface area (Å²) in [4.78, 5) is 14.2. The van der Waals surface area contributed by atoms with Gasteiger partial charge in [0.25, 0.3) is 0 Å². The highest BCUT2D eigenvalue weighted by Crippen LogP contribution is 2.14. The lowest BCUT2D eigenvalue weighted by atomic mass is 10.1. The first-order chi connectivity index (χ1) is 11.3. The minimum atomic E-state index is -0.467. The lowest BCUT2D eigenvalue weighted by Crippen LogP contribution is -2.49. The SMILES string of the molecule is CC(C)(C)OC(=O)N[C@@H]1CCCN(CCOc2ccc(N)cc2)C1. The van der Waals surface area contributed by atoms with Crippen LogP contribution in [0.2, 0.25) is 0 Å². The molecule has 1 aromatic carbocycles. The lowest BCUT2D eigenvalue weighted by molar-refractivity contribution is 0.0469. The van der Waals surface area contributed by atoms with E-state index >= 15 is 0 Å². The molecule has 0 aromatic heterocycles. The summed E-state index contributed by atoms with van der Waals surface area (Å²) < 4.78 is 11.1. The zero-order chi connectivity index (χ0) is 17.6. The summed E-state index contributed by atoms with van der Waals surface area (Å²) in [6.45, 7) is 8.90. The van der Waals surface area contributed by atoms with Crippen LogP contribution in [-0.4, -0.2) is 48.9 Å². The number of rotatable bonds is 5. The van der Waals surface area contributed by atoms with Gasteiger partial charge in [0, 0.05) is 24.8 Å². The predicted molar refractivity (Wildman–Crippen MR) is 95.2 cm³/mol. The molecule has 6 heteroatoms. The topological polar surface area (TPSA) is 76.8 Å². The molecular weight excluding hydrogens is 306 g/mol. The summed E-state index contributed by atoms with van der Waals surface area (Å²) in [6.07, 6.45) is 1.70. The number of piperidine rings is 1. The highest BCUT2D eigenvalue weighted by molar-refractivity contribution is 5.68. The van der Waals surface area contributed by atoms with Crippen LogP contribution in [0.15, 0.2) is 24.3 Å². The summed E-state index contributed by atoms with van der Waals surface area (Å²) in [5.41, 5.74) is 5.92. The molecule has 0 aliphatic carbocycles. The zero-order valence-corrected chi connectivity index (χ0v) is 14.9. The van der Waals surface area contributed by atoms with E-state index in [2.05, 4.69) is 10.2 Å². The van der Waals surface area contributed by atoms with Gasteiger partial charge in [-0.1, -0.05) is 0 Å². The van der Waals surface area contributed by atoms with E-state index in [4.69, 9.17) is 15.2 Å². The molecule has 0 saturated carbocycles. The van der Waals surface area contributed by atoms with E-state index in [1.807, 2.05) is 45.0 Å². The molecular formula is C18H29N3O3. The van der Waals surface area contributed by atoms with Crippen LogP contribution in [-0.2, 0) is 4.74 Å². The number of amides is 1. The fourth-order valence-electron chi connectivity index (χ4n) is 2.71. The Morgan fingerprint density at radius 3 is 2.71 bits per heavy atom. The Morgan fingerprint density at radius 2 is 2.04 bits per heavy atom. The van der Waals surface area contributed by atoms with Crippen molar-refractivity contribution in [1.29, 1.82) is 0 Å². The summed E-state index contributed by atoms with van der Waals surface area (Å²) in [6, 6.07) is 7.54. The second-order valence-corrected chi connectivity index (χ2v) is 7.20. The van der Waals surface area contributed by atoms with Crippen LogP contribution in [0.5, 0.6) is 5.75 Å². The van der Waals surface area contributed by atoms with Gasteiger partial charge < -0.3 is 20.5 Å². The Kier molecular flexibility index (Phi) is 6.31. The van der Waals surface area contributed by atoms with E-state index in [1.54, 1.807) is 0 Å². The minimum absolute atomic E-state index is 0.130. The Bertz CT molecular complexity index is 525. The molecule has 1 fully saturated rings. The number of hydrogen-bond acceptors (Lipinski definition) is 5. The van der Waals surface area contributed by atoms with Gasteiger partial charge in [-0.25, -0.2) is 4.79 Å². The molecule has 3 N–H and O–H groups in total. The Balaban J connectivity index is 1.70. The smallest absolute Gasteiger partial charge is 0.407 e. The molecule has 134 valence electrons. The fraction of sp³-hybridized carbons (Fsp3) is 0.611. The highest BCUT2D eigenvalue weighted by Gasteiger charge is 2.24. The maximum absolute atomic E-state index is 11.9. The van der Waals surface area contributed by atoms with E-state index in [9.17, 15) is 4.79 Å². The molecule has 1 saturated heterocycles. The van der Waals surface area contributed by atoms with E-state index in [-0.39, 0.29) is 12.1 Å². The van der Waals surface area contributed by atoms with Gasteiger partial charge in [0.05, 0.1) is 0 Å². The Labute approximate surface area is 144 Å². The van der Waals surface area contributed by atoms with Crippen molar-refractivity contribution in [2.45, 2.75) is 45.3 Å². The molecule has 1 aliphatic heterocycles. The van der Waals surface area contributed by atoms with Crippen LogP contribution in [0.25, 0.3) is 0 Å². The van der Waals surface area contributed by atoms with E-state index < -0.39 is 5.60 Å². The van der Waals surface area contributed by atoms with Crippen molar-refractivity contribution in [3.05, 3.63) is 24.3 Å². The number of carbonyl (C=O) groups is 1. The molecule has 0 radical (unpaired) electrons. The van der Waals surface area contributed by atoms with Crippen LogP contribution in [0.3, 0.4) is 0 Å². The molecule has 6 nitrogen and oxygen atoms in total. The number of nitrogens with zero attached hydrogens (tertiary/aromatic N) is 1. The third kappa shape index (κ3) is 6.66. The van der Waals surface area contributed by atoms with Gasteiger partial charge in [0.15, 0.2) is 0 Å². The van der Waals surface area contributed by atoms with Crippen molar-refractivity contribution in [1.82, 2.24) is 10.2 Å². The summed E-state index contributed by atoms with van der Waals surface area (Å²) in [7, 11) is 0. The number of likely N-dealkylation sites (tertiary alicyclic amines) is 1. The van der Waals surface area contributed by atoms with Crippen molar-refractivity contribution >= 4 is 11.8 Å². The summed E-state index contributed by atoms with van der Waals surface area (Å²) in [5, 5.41) is 2.96. The van der Waals surface area contributed by atoms with Gasteiger partial charge in [0.1, 0.15) is 18.0 Å². The minimum Gasteiger partial charge on any atom is -0.492 e. The number of benzene rings is 1. The monoisotopic (exact) mass is 335 g/mol. The molecule has 1 aromatic rings. The maximum atomic E-state index is 11.9. The van der Waals surface area contributed by atoms with Gasteiger partial charge in [-0.15, -0.1) is 0 Å². The average molecular weight is 335 g/mol. The van der Waals surface area contributed by atoms with E-state index in [1.165, 1.54) is 0 Å². The number of nitrogens with one attached hydrogen (secondary N) is 1. The first kappa shape index (κ1) is 18.4. The molecule has 24 heavy (non-hydrogen) atoms. The van der Waals surface area contributed by atoms with Crippen molar-refractivity contribution in [2.24, 2.45) is 0 Å². The summed E-state index contributed by atoms with van der Waals surface area (Å²) in [5.74, 6) is 0.824. The molecule has 1 aliphatic rings. The number of anilines is 1. The number of ether oxygens (including phenoxy) is 2. The van der Waals surface area contributed by atoms with Crippen molar-refractivity contribution in [2.75, 3.05) is 32.0 Å². The Morgan fingerprint density at radius 1 is 1.33 bits per heavy atom. The van der Waals surface area contributed by atoms with E-state index in [0.29, 0.717) is 6.61 Å². The number of carbonyl (C=O) groups excluding carboxylic acids is 1. The predicted octanol–water partition coefficient (Wildman–Crippen LogP) is 2.64. The number of hydrogen-bond donors (Lipinski definition) is 2. The quantitative estimate of drug-likeness (QED) is 0.809. The van der Waals surface area contributed by atoms with Gasteiger partial charge in [0.2, 0.25) is 0 Å². The van der Waals surface area contributed by atoms with E-state index in [0.717, 1.165) is 43.9 Å². The molecule has 1 amide bonds. The number of nitrogen functional groups attached to an aromatic ring is 1. The van der Waals surface area contributed by atoms with Crippen molar-refractivity contribution in [3.8, 4) is 5.75 Å². The number of nitrogens with two attached hydrogens (primary N) is 1. The maximum Gasteiger partial charge on any atom is 0.407 e. The molecule has 0 bridgehead atoms. The van der Waals surface area contributed by atoms with Crippen molar-refractivity contribution < 1.29 is 14.3 Å². The largest absolute Gasteiger partial charge is 0.492 e. The zero-order valence-electron chi connectivity index (χ0n) is 14.9. The molecule has 2 rings (SSSR count).